The van der Waals surface area contributed by atoms with Gasteiger partial charge in [0.25, 0.3) is 0 Å². The summed E-state index contributed by atoms with van der Waals surface area (Å²) < 4.78 is 2.06. The van der Waals surface area contributed by atoms with Gasteiger partial charge in [0.1, 0.15) is 23.2 Å². The van der Waals surface area contributed by atoms with E-state index in [0.717, 1.165) is 66.4 Å². The van der Waals surface area contributed by atoms with Crippen molar-refractivity contribution in [2.45, 2.75) is 73.9 Å². The molecule has 4 aromatic heterocycles. The molecule has 5 aromatic rings. The number of aryl methyl sites for hydroxylation is 1. The molecule has 10 nitrogen and oxygen atoms in total. The number of nitrogens with zero attached hydrogens (tertiary/aromatic N) is 8. The van der Waals surface area contributed by atoms with Crippen LogP contribution in [-0.2, 0) is 6.54 Å². The van der Waals surface area contributed by atoms with Crippen molar-refractivity contribution >= 4 is 22.8 Å². The van der Waals surface area contributed by atoms with Gasteiger partial charge >= 0.3 is 0 Å². The minimum absolute atomic E-state index is 0.187. The largest absolute Gasteiger partial charge is 0.383 e. The number of nitrogens with one attached hydrogen (secondary N) is 1. The molecule has 6 rings (SSSR count). The summed E-state index contributed by atoms with van der Waals surface area (Å²) in [5.41, 5.74) is 11.8. The van der Waals surface area contributed by atoms with E-state index < -0.39 is 0 Å². The number of nitrogens with two attached hydrogens (primary N) is 1. The predicted octanol–water partition coefficient (Wildman–Crippen LogP) is 7.19. The molecule has 1 aliphatic rings. The van der Waals surface area contributed by atoms with Gasteiger partial charge in [0.05, 0.1) is 5.56 Å². The van der Waals surface area contributed by atoms with Crippen molar-refractivity contribution < 1.29 is 0 Å². The molecule has 0 saturated carbocycles. The maximum Gasteiger partial charge on any atom is 0.234 e. The Hall–Kier alpha value is -5.32. The van der Waals surface area contributed by atoms with Crippen LogP contribution in [0.1, 0.15) is 71.5 Å². The third kappa shape index (κ3) is 9.59. The topological polar surface area (TPSA) is 134 Å². The summed E-state index contributed by atoms with van der Waals surface area (Å²) in [6.45, 7) is 16.5. The highest BCUT2D eigenvalue weighted by molar-refractivity contribution is 5.82. The van der Waals surface area contributed by atoms with Gasteiger partial charge in [-0.1, -0.05) is 39.8 Å². The summed E-state index contributed by atoms with van der Waals surface area (Å²) in [5, 5.41) is 12.5. The second kappa shape index (κ2) is 18.6. The molecule has 1 saturated heterocycles. The first-order chi connectivity index (χ1) is 23.0. The number of nitrogen functional groups attached to an aromatic ring is 1. The Morgan fingerprint density at radius 1 is 0.872 bits per heavy atom. The van der Waals surface area contributed by atoms with E-state index in [4.69, 9.17) is 21.0 Å². The van der Waals surface area contributed by atoms with E-state index in [2.05, 4.69) is 65.8 Å². The van der Waals surface area contributed by atoms with Crippen LogP contribution in [0.25, 0.3) is 28.2 Å². The smallest absolute Gasteiger partial charge is 0.234 e. The van der Waals surface area contributed by atoms with Gasteiger partial charge < -0.3 is 11.1 Å². The maximum atomic E-state index is 9.02. The number of hydrogen-bond donors (Lipinski definition) is 2. The van der Waals surface area contributed by atoms with Gasteiger partial charge in [-0.05, 0) is 81.6 Å². The van der Waals surface area contributed by atoms with Gasteiger partial charge in [0.15, 0.2) is 11.5 Å². The van der Waals surface area contributed by atoms with Crippen LogP contribution in [0.5, 0.6) is 0 Å². The van der Waals surface area contributed by atoms with Crippen molar-refractivity contribution in [1.29, 1.82) is 5.26 Å². The molecule has 1 aliphatic heterocycles. The van der Waals surface area contributed by atoms with Gasteiger partial charge in [-0.3, -0.25) is 9.47 Å². The standard InChI is InChI=1S/C29H28N10.C4H6.2C2H6/c1-19-4-9-24-29(34-19)39(28(36-24)23-3-2-13-33-27(23)31)22-7-5-20(6-8-22)18-38-15-11-21(12-16-38)35-25-10-14-32-26(17-30)37-25;1-3-4-2;2*1-2/h2-10,13-14,21H,11-12,15-16,18H2,1H3,(H2,31,33)(H,32,35,37);1-2H3;2*1-2H3. The van der Waals surface area contributed by atoms with Crippen molar-refractivity contribution in [3.05, 3.63) is 84.1 Å². The summed E-state index contributed by atoms with van der Waals surface area (Å²) in [5.74, 6) is 7.42. The molecule has 5 heterocycles. The van der Waals surface area contributed by atoms with Crippen LogP contribution >= 0.6 is 0 Å². The molecular formula is C37H46N10. The van der Waals surface area contributed by atoms with Gasteiger partial charge in [-0.2, -0.15) is 5.26 Å². The van der Waals surface area contributed by atoms with Gasteiger partial charge in [-0.15, -0.1) is 11.8 Å². The zero-order chi connectivity index (χ0) is 34.2. The third-order valence-corrected chi connectivity index (χ3v) is 7.27. The van der Waals surface area contributed by atoms with Gasteiger partial charge in [0, 0.05) is 49.5 Å². The van der Waals surface area contributed by atoms with Crippen molar-refractivity contribution in [3.8, 4) is 35.0 Å². The van der Waals surface area contributed by atoms with Crippen LogP contribution in [0.2, 0.25) is 0 Å². The van der Waals surface area contributed by atoms with E-state index in [1.807, 2.05) is 84.9 Å². The highest BCUT2D eigenvalue weighted by Gasteiger charge is 2.21. The summed E-state index contributed by atoms with van der Waals surface area (Å²) in [6.07, 6.45) is 5.31. The number of piperidine rings is 1. The number of likely N-dealkylation sites (tertiary alicyclic amines) is 1. The summed E-state index contributed by atoms with van der Waals surface area (Å²) >= 11 is 0. The molecule has 1 aromatic carbocycles. The molecular weight excluding hydrogens is 584 g/mol. The number of benzene rings is 1. The zero-order valence-electron chi connectivity index (χ0n) is 28.6. The number of nitriles is 1. The Morgan fingerprint density at radius 3 is 2.21 bits per heavy atom. The first kappa shape index (κ1) is 36.2. The second-order valence-corrected chi connectivity index (χ2v) is 10.2. The molecule has 10 heteroatoms. The van der Waals surface area contributed by atoms with Gasteiger partial charge in [-0.25, -0.2) is 24.9 Å². The van der Waals surface area contributed by atoms with Crippen molar-refractivity contribution in [2.75, 3.05) is 24.1 Å². The lowest BCUT2D eigenvalue weighted by atomic mass is 10.0. The lowest BCUT2D eigenvalue weighted by molar-refractivity contribution is 0.211. The average Bonchev–Trinajstić information content (AvgIpc) is 3.50. The van der Waals surface area contributed by atoms with Crippen LogP contribution in [0.3, 0.4) is 0 Å². The fourth-order valence-electron chi connectivity index (χ4n) is 5.03. The number of pyridine rings is 2. The number of imidazole rings is 1. The minimum atomic E-state index is 0.187. The number of anilines is 2. The van der Waals surface area contributed by atoms with Crippen molar-refractivity contribution in [1.82, 2.24) is 34.4 Å². The molecule has 0 atom stereocenters. The summed E-state index contributed by atoms with van der Waals surface area (Å²) in [7, 11) is 0. The first-order valence-electron chi connectivity index (χ1n) is 16.2. The normalized spacial score (nSPS) is 12.5. The second-order valence-electron chi connectivity index (χ2n) is 10.2. The summed E-state index contributed by atoms with van der Waals surface area (Å²) in [4.78, 5) is 24.6. The SMILES string of the molecule is CC.CC.CC#CC.Cc1ccc2nc(-c3cccnc3N)n(-c3ccc(CN4CCC(Nc5ccnc(C#N)n5)CC4)cc3)c2n1. The summed E-state index contributed by atoms with van der Waals surface area (Å²) in [6, 6.07) is 20.5. The number of rotatable bonds is 6. The van der Waals surface area contributed by atoms with Crippen LogP contribution in [0.4, 0.5) is 11.6 Å². The van der Waals surface area contributed by atoms with E-state index >= 15 is 0 Å². The highest BCUT2D eigenvalue weighted by atomic mass is 15.2. The average molecular weight is 631 g/mol. The molecule has 0 bridgehead atoms. The minimum Gasteiger partial charge on any atom is -0.383 e. The van der Waals surface area contributed by atoms with Crippen LogP contribution in [-0.4, -0.2) is 53.5 Å². The molecule has 0 amide bonds. The Kier molecular flexibility index (Phi) is 14.3. The molecule has 1 fully saturated rings. The predicted molar refractivity (Wildman–Crippen MR) is 192 cm³/mol. The number of fused-ring (bicyclic) bond motifs is 1. The third-order valence-electron chi connectivity index (χ3n) is 7.27. The molecule has 0 spiro atoms. The quantitative estimate of drug-likeness (QED) is 0.187. The molecule has 0 unspecified atom stereocenters. The fourth-order valence-corrected chi connectivity index (χ4v) is 5.03. The van der Waals surface area contributed by atoms with E-state index in [-0.39, 0.29) is 5.82 Å². The lowest BCUT2D eigenvalue weighted by Crippen LogP contribution is -2.38. The van der Waals surface area contributed by atoms with E-state index in [0.29, 0.717) is 17.7 Å². The molecule has 244 valence electrons. The molecule has 0 radical (unpaired) electrons. The Balaban J connectivity index is 0.000000688. The maximum absolute atomic E-state index is 9.02. The Labute approximate surface area is 279 Å². The highest BCUT2D eigenvalue weighted by Crippen LogP contribution is 2.30. The number of aromatic nitrogens is 6. The Bertz CT molecular complexity index is 1800. The van der Waals surface area contributed by atoms with Crippen LogP contribution in [0.15, 0.2) is 67.0 Å². The molecule has 3 N–H and O–H groups in total. The zero-order valence-corrected chi connectivity index (χ0v) is 28.6. The van der Waals surface area contributed by atoms with E-state index in [9.17, 15) is 0 Å². The Morgan fingerprint density at radius 2 is 1.57 bits per heavy atom. The van der Waals surface area contributed by atoms with E-state index in [1.54, 1.807) is 12.4 Å². The van der Waals surface area contributed by atoms with E-state index in [1.165, 1.54) is 5.56 Å². The lowest BCUT2D eigenvalue weighted by Gasteiger charge is -2.32. The molecule has 47 heavy (non-hydrogen) atoms. The number of hydrogen-bond acceptors (Lipinski definition) is 9. The fraction of sp³-hybridized carbons (Fsp3) is 0.351. The van der Waals surface area contributed by atoms with Crippen molar-refractivity contribution in [3.63, 3.8) is 0 Å². The van der Waals surface area contributed by atoms with Gasteiger partial charge in [0.2, 0.25) is 5.82 Å². The van der Waals surface area contributed by atoms with Crippen LogP contribution < -0.4 is 11.1 Å². The monoisotopic (exact) mass is 630 g/mol. The first-order valence-corrected chi connectivity index (χ1v) is 16.2. The molecule has 0 aliphatic carbocycles. The van der Waals surface area contributed by atoms with Crippen LogP contribution in [0, 0.1) is 30.1 Å². The van der Waals surface area contributed by atoms with Crippen molar-refractivity contribution in [2.24, 2.45) is 0 Å².